The van der Waals surface area contributed by atoms with Gasteiger partial charge in [0.15, 0.2) is 23.2 Å². The van der Waals surface area contributed by atoms with Crippen molar-refractivity contribution in [1.82, 2.24) is 4.57 Å². The topological polar surface area (TPSA) is 68.5 Å². The molecule has 0 radical (unpaired) electrons. The number of hydrogen-bond acceptors (Lipinski definition) is 4. The zero-order chi connectivity index (χ0) is 22.2. The van der Waals surface area contributed by atoms with Crippen LogP contribution in [0.1, 0.15) is 41.9 Å². The van der Waals surface area contributed by atoms with Crippen LogP contribution in [0.4, 0.5) is 13.2 Å². The Kier molecular flexibility index (Phi) is 5.87. The molecule has 1 atom stereocenters. The summed E-state index contributed by atoms with van der Waals surface area (Å²) in [4.78, 5) is 25.3. The first-order valence-electron chi connectivity index (χ1n) is 9.36. The van der Waals surface area contributed by atoms with Crippen molar-refractivity contribution in [3.05, 3.63) is 64.6 Å². The number of nitrogens with zero attached hydrogens (tertiary/aromatic N) is 1. The summed E-state index contributed by atoms with van der Waals surface area (Å²) < 4.78 is 48.0. The lowest BCUT2D eigenvalue weighted by molar-refractivity contribution is -0.147. The van der Waals surface area contributed by atoms with Gasteiger partial charge < -0.3 is 9.84 Å². The highest BCUT2D eigenvalue weighted by Gasteiger charge is 2.26. The molecule has 1 aromatic heterocycles. The van der Waals surface area contributed by atoms with Crippen LogP contribution in [0.15, 0.2) is 30.3 Å². The zero-order valence-electron chi connectivity index (χ0n) is 16.6. The van der Waals surface area contributed by atoms with Crippen LogP contribution < -0.4 is 0 Å². The molecule has 0 bridgehead atoms. The molecule has 0 saturated carbocycles. The molecule has 158 valence electrons. The fourth-order valence-corrected chi connectivity index (χ4v) is 3.25. The van der Waals surface area contributed by atoms with E-state index in [0.29, 0.717) is 6.42 Å². The fourth-order valence-electron chi connectivity index (χ4n) is 3.25. The van der Waals surface area contributed by atoms with Crippen molar-refractivity contribution in [1.29, 1.82) is 0 Å². The van der Waals surface area contributed by atoms with Crippen LogP contribution in [0.3, 0.4) is 0 Å². The van der Waals surface area contributed by atoms with Crippen LogP contribution in [0, 0.1) is 24.4 Å². The Bertz CT molecular complexity index is 1150. The highest BCUT2D eigenvalue weighted by Crippen LogP contribution is 2.34. The molecule has 3 rings (SSSR count). The van der Waals surface area contributed by atoms with Gasteiger partial charge in [-0.2, -0.15) is 0 Å². The third-order valence-corrected chi connectivity index (χ3v) is 5.01. The zero-order valence-corrected chi connectivity index (χ0v) is 16.6. The highest BCUT2D eigenvalue weighted by molar-refractivity contribution is 6.05. The van der Waals surface area contributed by atoms with E-state index >= 15 is 0 Å². The van der Waals surface area contributed by atoms with Crippen molar-refractivity contribution in [3.63, 3.8) is 0 Å². The molecule has 0 aliphatic carbocycles. The van der Waals surface area contributed by atoms with Gasteiger partial charge in [0, 0.05) is 16.6 Å². The summed E-state index contributed by atoms with van der Waals surface area (Å²) >= 11 is 0. The first kappa shape index (κ1) is 21.4. The molecule has 1 unspecified atom stereocenters. The average Bonchev–Trinajstić information content (AvgIpc) is 2.98. The molecule has 30 heavy (non-hydrogen) atoms. The Morgan fingerprint density at radius 2 is 1.83 bits per heavy atom. The van der Waals surface area contributed by atoms with E-state index < -0.39 is 35.1 Å². The van der Waals surface area contributed by atoms with Gasteiger partial charge in [0.2, 0.25) is 0 Å². The van der Waals surface area contributed by atoms with E-state index in [0.717, 1.165) is 28.8 Å². The lowest BCUT2D eigenvalue weighted by atomic mass is 10.1. The molecule has 0 amide bonds. The van der Waals surface area contributed by atoms with Crippen molar-refractivity contribution in [2.45, 2.75) is 39.7 Å². The number of halogens is 3. The normalized spacial score (nSPS) is 12.2. The third-order valence-electron chi connectivity index (χ3n) is 5.01. The average molecular weight is 419 g/mol. The van der Waals surface area contributed by atoms with Gasteiger partial charge in [-0.25, -0.2) is 13.2 Å². The number of esters is 1. The Labute approximate surface area is 170 Å². The first-order chi connectivity index (χ1) is 14.1. The molecule has 0 fully saturated rings. The van der Waals surface area contributed by atoms with Crippen molar-refractivity contribution < 1.29 is 32.6 Å². The van der Waals surface area contributed by atoms with E-state index in [9.17, 15) is 27.9 Å². The minimum absolute atomic E-state index is 0.0869. The van der Waals surface area contributed by atoms with Crippen molar-refractivity contribution in [3.8, 4) is 5.75 Å². The van der Waals surface area contributed by atoms with Crippen LogP contribution in [0.5, 0.6) is 5.75 Å². The molecule has 0 aliphatic rings. The quantitative estimate of drug-likeness (QED) is 0.612. The molecule has 0 saturated heterocycles. The number of aromatic nitrogens is 1. The number of carbonyl (C=O) groups is 2. The molecule has 5 nitrogen and oxygen atoms in total. The molecule has 3 aromatic rings. The summed E-state index contributed by atoms with van der Waals surface area (Å²) in [6.07, 6.45) is -0.0744. The fraction of sp³-hybridized carbons (Fsp3) is 0.273. The minimum Gasteiger partial charge on any atom is -0.505 e. The van der Waals surface area contributed by atoms with Crippen molar-refractivity contribution in [2.24, 2.45) is 0 Å². The summed E-state index contributed by atoms with van der Waals surface area (Å²) in [5, 5.41) is 9.70. The molecule has 2 aromatic carbocycles. The van der Waals surface area contributed by atoms with E-state index in [-0.39, 0.29) is 40.2 Å². The van der Waals surface area contributed by atoms with Crippen molar-refractivity contribution in [2.75, 3.05) is 0 Å². The maximum Gasteiger partial charge on any atom is 0.310 e. The summed E-state index contributed by atoms with van der Waals surface area (Å²) in [5.74, 6) is -5.28. The lowest BCUT2D eigenvalue weighted by Gasteiger charge is -2.11. The predicted molar refractivity (Wildman–Crippen MR) is 104 cm³/mol. The predicted octanol–water partition coefficient (Wildman–Crippen LogP) is 4.65. The number of aromatic hydroxyl groups is 1. The van der Waals surface area contributed by atoms with Gasteiger partial charge in [0.05, 0.1) is 18.0 Å². The monoisotopic (exact) mass is 419 g/mol. The molecule has 8 heteroatoms. The summed E-state index contributed by atoms with van der Waals surface area (Å²) in [6.45, 7) is 5.06. The number of ether oxygens (including phenoxy) is 1. The number of phenolic OH excluding ortho intramolecular Hbond substituents is 1. The van der Waals surface area contributed by atoms with Gasteiger partial charge in [0.25, 0.3) is 5.91 Å². The third kappa shape index (κ3) is 3.77. The number of carbonyl (C=O) groups excluding carboxylic acids is 2. The van der Waals surface area contributed by atoms with Gasteiger partial charge in [0.1, 0.15) is 0 Å². The van der Waals surface area contributed by atoms with Gasteiger partial charge >= 0.3 is 5.97 Å². The largest absolute Gasteiger partial charge is 0.505 e. The molecule has 0 aliphatic heterocycles. The maximum atomic E-state index is 14.8. The Hall–Kier alpha value is -3.29. The second-order valence-electron chi connectivity index (χ2n) is 7.01. The summed E-state index contributed by atoms with van der Waals surface area (Å²) in [6, 6.07) is 5.08. The Morgan fingerprint density at radius 3 is 2.47 bits per heavy atom. The van der Waals surface area contributed by atoms with Crippen molar-refractivity contribution >= 4 is 22.8 Å². The first-order valence-corrected chi connectivity index (χ1v) is 9.36. The maximum absolute atomic E-state index is 14.8. The summed E-state index contributed by atoms with van der Waals surface area (Å²) in [5.41, 5.74) is 0.327. The molecule has 1 N–H and O–H groups in total. The van der Waals surface area contributed by atoms with Crippen LogP contribution >= 0.6 is 0 Å². The number of rotatable bonds is 5. The van der Waals surface area contributed by atoms with Gasteiger partial charge in [-0.05, 0) is 56.2 Å². The molecule has 1 heterocycles. The van der Waals surface area contributed by atoms with E-state index in [1.807, 2.05) is 6.92 Å². The lowest BCUT2D eigenvalue weighted by Crippen LogP contribution is -2.17. The second-order valence-corrected chi connectivity index (χ2v) is 7.01. The Morgan fingerprint density at radius 1 is 1.13 bits per heavy atom. The number of benzene rings is 2. The minimum atomic E-state index is -1.20. The number of hydrogen-bond donors (Lipinski definition) is 1. The van der Waals surface area contributed by atoms with E-state index in [2.05, 4.69) is 0 Å². The van der Waals surface area contributed by atoms with E-state index in [1.165, 1.54) is 13.0 Å². The highest BCUT2D eigenvalue weighted by atomic mass is 19.2. The number of phenols is 1. The summed E-state index contributed by atoms with van der Waals surface area (Å²) in [7, 11) is 0. The van der Waals surface area contributed by atoms with Gasteiger partial charge in [-0.3, -0.25) is 14.2 Å². The molecular formula is C22H20F3NO4. The van der Waals surface area contributed by atoms with Crippen LogP contribution in [0.25, 0.3) is 10.9 Å². The van der Waals surface area contributed by atoms with Crippen LogP contribution in [0.2, 0.25) is 0 Å². The second kappa shape index (κ2) is 8.22. The Balaban J connectivity index is 2.17. The smallest absolute Gasteiger partial charge is 0.310 e. The molecular weight excluding hydrogens is 399 g/mol. The number of fused-ring (bicyclic) bond motifs is 1. The SMILES string of the molecule is CCC(C)OC(=O)Cc1c(C)n(C(=O)c2ccc(F)c(F)c2)c2ccc(O)c(F)c12. The van der Waals surface area contributed by atoms with E-state index in [4.69, 9.17) is 4.74 Å². The van der Waals surface area contributed by atoms with Gasteiger partial charge in [-0.1, -0.05) is 6.92 Å². The van der Waals surface area contributed by atoms with Gasteiger partial charge in [-0.15, -0.1) is 0 Å². The van der Waals surface area contributed by atoms with Crippen LogP contribution in [-0.2, 0) is 16.0 Å². The van der Waals surface area contributed by atoms with E-state index in [1.54, 1.807) is 6.92 Å². The van der Waals surface area contributed by atoms with Crippen LogP contribution in [-0.4, -0.2) is 27.7 Å². The molecule has 0 spiro atoms. The standard InChI is InChI=1S/C22H20F3NO4/c1-4-11(2)30-19(28)10-14-12(3)26(17-7-8-18(27)21(25)20(14)17)22(29)13-5-6-15(23)16(24)9-13/h5-9,11,27H,4,10H2,1-3H3.